The van der Waals surface area contributed by atoms with Gasteiger partial charge in [-0.2, -0.15) is 0 Å². The maximum Gasteiger partial charge on any atom is 0.223 e. The van der Waals surface area contributed by atoms with Gasteiger partial charge in [-0.25, -0.2) is 0 Å². The van der Waals surface area contributed by atoms with Crippen molar-refractivity contribution in [1.82, 2.24) is 10.4 Å². The fourth-order valence-electron chi connectivity index (χ4n) is 6.88. The van der Waals surface area contributed by atoms with Crippen LogP contribution in [-0.4, -0.2) is 52.7 Å². The van der Waals surface area contributed by atoms with E-state index in [9.17, 15) is 10.0 Å². The first-order chi connectivity index (χ1) is 18.0. The maximum absolute atomic E-state index is 13.4. The van der Waals surface area contributed by atoms with E-state index in [1.807, 2.05) is 27.7 Å². The lowest BCUT2D eigenvalue weighted by atomic mass is 9.78. The summed E-state index contributed by atoms with van der Waals surface area (Å²) in [5.74, 6) is 0.356. The molecule has 1 aliphatic rings. The van der Waals surface area contributed by atoms with Crippen LogP contribution in [0.5, 0.6) is 0 Å². The Bertz CT molecular complexity index is 597. The lowest BCUT2D eigenvalue weighted by Gasteiger charge is -2.50. The van der Waals surface area contributed by atoms with Crippen LogP contribution in [0.4, 0.5) is 0 Å². The molecule has 225 valence electrons. The molecular weight excluding hydrogens is 487 g/mol. The summed E-state index contributed by atoms with van der Waals surface area (Å²) in [5.41, 5.74) is -0.885. The van der Waals surface area contributed by atoms with Gasteiger partial charge in [-0.05, 0) is 85.5 Å². The highest BCUT2D eigenvalue weighted by atomic mass is 31.2. The Morgan fingerprint density at radius 1 is 0.711 bits per heavy atom. The number of carbonyl (C=O) groups excluding carboxylic acids is 1. The molecule has 1 fully saturated rings. The number of unbranched alkanes of at least 4 members (excludes halogenated alkanes) is 7. The molecule has 38 heavy (non-hydrogen) atoms. The molecule has 1 N–H and O–H groups in total. The van der Waals surface area contributed by atoms with Crippen molar-refractivity contribution >= 4 is 13.2 Å². The zero-order valence-corrected chi connectivity index (χ0v) is 27.9. The zero-order valence-electron chi connectivity index (χ0n) is 27.0. The van der Waals surface area contributed by atoms with Gasteiger partial charge in [-0.3, -0.25) is 4.79 Å². The predicted octanol–water partition coefficient (Wildman–Crippen LogP) is 9.64. The highest BCUT2D eigenvalue weighted by Gasteiger charge is 2.46. The van der Waals surface area contributed by atoms with Crippen molar-refractivity contribution in [2.75, 3.05) is 24.6 Å². The zero-order chi connectivity index (χ0) is 28.7. The summed E-state index contributed by atoms with van der Waals surface area (Å²) in [5, 5.41) is 17.4. The van der Waals surface area contributed by atoms with Gasteiger partial charge in [0.05, 0.1) is 24.6 Å². The van der Waals surface area contributed by atoms with Crippen LogP contribution in [0.25, 0.3) is 0 Å². The number of nitrogens with zero attached hydrogens (tertiary/aromatic N) is 1. The van der Waals surface area contributed by atoms with Gasteiger partial charge < -0.3 is 5.32 Å². The molecule has 0 saturated carbocycles. The minimum Gasteiger partial charge on any atom is -0.353 e. The Hall–Kier alpha value is -0.180. The molecule has 4 nitrogen and oxygen atoms in total. The van der Waals surface area contributed by atoms with Gasteiger partial charge >= 0.3 is 0 Å². The number of nitrogens with one attached hydrogen (secondary N) is 1. The van der Waals surface area contributed by atoms with Crippen molar-refractivity contribution in [1.29, 1.82) is 0 Å². The molecule has 1 saturated heterocycles. The number of hydroxylamine groups is 2. The summed E-state index contributed by atoms with van der Waals surface area (Å²) in [6.45, 7) is 17.3. The molecule has 0 spiro atoms. The van der Waals surface area contributed by atoms with Crippen LogP contribution in [-0.2, 0) is 10.0 Å². The number of piperidine rings is 1. The molecule has 0 bridgehead atoms. The standard InChI is InChI=1S/C33H66N2O2P/c1-9-13-21-29(31(36)34-30-27-32(5,6)35(37)33(7,8)28-30)22-19-17-18-20-26-38(23-14-10-2,24-15-11-3)25-16-12-4/h29-30H,9-28H2,1-8H3/p+1. The summed E-state index contributed by atoms with van der Waals surface area (Å²) < 4.78 is 0. The third kappa shape index (κ3) is 12.6. The SMILES string of the molecule is CCCCC(CCCCCC[P+](CCCC)(CCCC)CCCC)C(=O)NC1CC(C)(C)N([O])C(C)(C)C1. The molecule has 0 aromatic heterocycles. The van der Waals surface area contributed by atoms with Gasteiger partial charge in [0.1, 0.15) is 0 Å². The molecule has 1 atom stereocenters. The first kappa shape index (κ1) is 35.8. The van der Waals surface area contributed by atoms with Crippen LogP contribution in [0.2, 0.25) is 0 Å². The third-order valence-electron chi connectivity index (χ3n) is 9.11. The summed E-state index contributed by atoms with van der Waals surface area (Å²) in [6.07, 6.45) is 25.3. The first-order valence-electron chi connectivity index (χ1n) is 16.6. The summed E-state index contributed by atoms with van der Waals surface area (Å²) in [7, 11) is -0.780. The Morgan fingerprint density at radius 3 is 1.61 bits per heavy atom. The molecule has 1 radical (unpaired) electrons. The smallest absolute Gasteiger partial charge is 0.223 e. The van der Waals surface area contributed by atoms with Gasteiger partial charge in [-0.15, -0.1) is 10.3 Å². The Morgan fingerprint density at radius 2 is 1.13 bits per heavy atom. The molecule has 5 heteroatoms. The van der Waals surface area contributed by atoms with Gasteiger partial charge in [0.2, 0.25) is 5.91 Å². The second-order valence-electron chi connectivity index (χ2n) is 13.9. The van der Waals surface area contributed by atoms with E-state index in [2.05, 4.69) is 33.0 Å². The largest absolute Gasteiger partial charge is 0.353 e. The van der Waals surface area contributed by atoms with Crippen molar-refractivity contribution in [3.63, 3.8) is 0 Å². The normalized spacial score (nSPS) is 19.0. The molecule has 0 aliphatic carbocycles. The maximum atomic E-state index is 13.4. The summed E-state index contributed by atoms with van der Waals surface area (Å²) >= 11 is 0. The van der Waals surface area contributed by atoms with Crippen LogP contribution in [0.3, 0.4) is 0 Å². The van der Waals surface area contributed by atoms with Crippen molar-refractivity contribution in [2.45, 2.75) is 175 Å². The molecule has 1 amide bonds. The van der Waals surface area contributed by atoms with Crippen LogP contribution >= 0.6 is 7.26 Å². The number of hydrogen-bond donors (Lipinski definition) is 1. The van der Waals surface area contributed by atoms with E-state index in [0.717, 1.165) is 38.5 Å². The van der Waals surface area contributed by atoms with Crippen LogP contribution < -0.4 is 5.32 Å². The molecule has 1 aliphatic heterocycles. The van der Waals surface area contributed by atoms with E-state index in [4.69, 9.17) is 0 Å². The lowest BCUT2D eigenvalue weighted by molar-refractivity contribution is -0.290. The molecule has 0 aromatic carbocycles. The third-order valence-corrected chi connectivity index (χ3v) is 14.2. The predicted molar refractivity (Wildman–Crippen MR) is 169 cm³/mol. The van der Waals surface area contributed by atoms with E-state index in [0.29, 0.717) is 0 Å². The van der Waals surface area contributed by atoms with Gasteiger partial charge in [-0.1, -0.05) is 72.6 Å². The second kappa shape index (κ2) is 18.3. The average molecular weight is 555 g/mol. The van der Waals surface area contributed by atoms with E-state index < -0.39 is 18.3 Å². The molecule has 1 rings (SSSR count). The molecular formula is C33H67N2O2P+. The second-order valence-corrected chi connectivity index (χ2v) is 18.3. The van der Waals surface area contributed by atoms with Crippen molar-refractivity contribution in [3.8, 4) is 0 Å². The number of hydrogen-bond acceptors (Lipinski definition) is 2. The minimum absolute atomic E-state index is 0.0910. The topological polar surface area (TPSA) is 52.2 Å². The average Bonchev–Trinajstić information content (AvgIpc) is 2.86. The number of amides is 1. The monoisotopic (exact) mass is 554 g/mol. The van der Waals surface area contributed by atoms with Crippen molar-refractivity contribution in [3.05, 3.63) is 0 Å². The van der Waals surface area contributed by atoms with Crippen molar-refractivity contribution in [2.24, 2.45) is 5.92 Å². The van der Waals surface area contributed by atoms with Gasteiger partial charge in [0.15, 0.2) is 0 Å². The fraction of sp³-hybridized carbons (Fsp3) is 0.970. The first-order valence-corrected chi connectivity index (χ1v) is 19.1. The van der Waals surface area contributed by atoms with E-state index in [1.54, 1.807) is 0 Å². The quantitative estimate of drug-likeness (QED) is 0.113. The van der Waals surface area contributed by atoms with Crippen molar-refractivity contribution < 1.29 is 10.0 Å². The Balaban J connectivity index is 2.60. The highest BCUT2D eigenvalue weighted by Crippen LogP contribution is 2.61. The van der Waals surface area contributed by atoms with Crippen LogP contribution in [0.15, 0.2) is 0 Å². The van der Waals surface area contributed by atoms with E-state index in [1.165, 1.54) is 93.9 Å². The molecule has 0 aromatic rings. The number of carbonyl (C=O) groups is 1. The highest BCUT2D eigenvalue weighted by molar-refractivity contribution is 7.75. The summed E-state index contributed by atoms with van der Waals surface area (Å²) in [4.78, 5) is 13.4. The molecule has 1 unspecified atom stereocenters. The van der Waals surface area contributed by atoms with Crippen LogP contribution in [0.1, 0.15) is 158 Å². The Kier molecular flexibility index (Phi) is 17.3. The summed E-state index contributed by atoms with van der Waals surface area (Å²) in [6, 6.07) is 0.0910. The molecule has 1 heterocycles. The van der Waals surface area contributed by atoms with Gasteiger partial charge in [0, 0.05) is 30.3 Å². The minimum atomic E-state index is -0.780. The van der Waals surface area contributed by atoms with Gasteiger partial charge in [0.25, 0.3) is 0 Å². The van der Waals surface area contributed by atoms with Crippen LogP contribution in [0, 0.1) is 5.92 Å². The van der Waals surface area contributed by atoms with E-state index >= 15 is 0 Å². The lowest BCUT2D eigenvalue weighted by Crippen LogP contribution is -2.62. The number of rotatable bonds is 21. The van der Waals surface area contributed by atoms with E-state index in [-0.39, 0.29) is 17.9 Å². The Labute approximate surface area is 239 Å². The fourth-order valence-corrected chi connectivity index (χ4v) is 12.1.